The summed E-state index contributed by atoms with van der Waals surface area (Å²) in [6.45, 7) is 0. The lowest BCUT2D eigenvalue weighted by Gasteiger charge is -2.11. The first-order chi connectivity index (χ1) is 12.6. The molecule has 0 amide bonds. The van der Waals surface area contributed by atoms with Gasteiger partial charge in [-0.3, -0.25) is 10.1 Å². The molecule has 0 aliphatic heterocycles. The van der Waals surface area contributed by atoms with Gasteiger partial charge in [-0.05, 0) is 47.5 Å². The number of hydrogen-bond acceptors (Lipinski definition) is 3. The average Bonchev–Trinajstić information content (AvgIpc) is 2.68. The van der Waals surface area contributed by atoms with E-state index >= 15 is 0 Å². The molecule has 1 aromatic heterocycles. The highest BCUT2D eigenvalue weighted by atomic mass is 79.9. The third kappa shape index (κ3) is 3.09. The first-order valence-corrected chi connectivity index (χ1v) is 8.82. The Morgan fingerprint density at radius 3 is 2.27 bits per heavy atom. The molecule has 0 radical (unpaired) electrons. The van der Waals surface area contributed by atoms with Gasteiger partial charge in [0.15, 0.2) is 0 Å². The summed E-state index contributed by atoms with van der Waals surface area (Å²) < 4.78 is 0.993. The van der Waals surface area contributed by atoms with Crippen molar-refractivity contribution < 1.29 is 4.92 Å². The standard InChI is InChI=1S/C21H13BrN2O2/c22-16-8-11-20-19(12-16)18(14-4-2-1-3-5-14)13-21(23-20)15-6-9-17(10-7-15)24(25)26/h1-13H. The quantitative estimate of drug-likeness (QED) is 0.300. The van der Waals surface area contributed by atoms with Crippen molar-refractivity contribution in [1.29, 1.82) is 0 Å². The van der Waals surface area contributed by atoms with Gasteiger partial charge in [-0.25, -0.2) is 4.98 Å². The number of fused-ring (bicyclic) bond motifs is 1. The lowest BCUT2D eigenvalue weighted by molar-refractivity contribution is -0.384. The van der Waals surface area contributed by atoms with Crippen LogP contribution in [0.4, 0.5) is 5.69 Å². The van der Waals surface area contributed by atoms with Crippen LogP contribution in [0.2, 0.25) is 0 Å². The molecule has 0 saturated heterocycles. The van der Waals surface area contributed by atoms with Crippen LogP contribution in [0.3, 0.4) is 0 Å². The van der Waals surface area contributed by atoms with Crippen molar-refractivity contribution in [1.82, 2.24) is 4.98 Å². The zero-order chi connectivity index (χ0) is 18.1. The van der Waals surface area contributed by atoms with E-state index in [2.05, 4.69) is 34.1 Å². The molecule has 0 bridgehead atoms. The van der Waals surface area contributed by atoms with Crippen molar-refractivity contribution in [2.45, 2.75) is 0 Å². The molecule has 5 heteroatoms. The minimum absolute atomic E-state index is 0.0711. The number of halogens is 1. The Bertz CT molecular complexity index is 1110. The molecule has 0 saturated carbocycles. The van der Waals surface area contributed by atoms with Crippen LogP contribution in [0, 0.1) is 10.1 Å². The van der Waals surface area contributed by atoms with Gasteiger partial charge in [-0.2, -0.15) is 0 Å². The highest BCUT2D eigenvalue weighted by Crippen LogP contribution is 2.33. The van der Waals surface area contributed by atoms with E-state index < -0.39 is 4.92 Å². The van der Waals surface area contributed by atoms with Crippen LogP contribution in [-0.2, 0) is 0 Å². The summed E-state index contributed by atoms with van der Waals surface area (Å²) in [4.78, 5) is 15.2. The Morgan fingerprint density at radius 2 is 1.58 bits per heavy atom. The van der Waals surface area contributed by atoms with Gasteiger partial charge in [0, 0.05) is 27.6 Å². The highest BCUT2D eigenvalue weighted by Gasteiger charge is 2.11. The maximum absolute atomic E-state index is 10.9. The van der Waals surface area contributed by atoms with Gasteiger partial charge in [-0.15, -0.1) is 0 Å². The molecule has 4 nitrogen and oxygen atoms in total. The molecule has 0 spiro atoms. The van der Waals surface area contributed by atoms with Gasteiger partial charge in [0.05, 0.1) is 16.1 Å². The van der Waals surface area contributed by atoms with E-state index in [0.717, 1.165) is 37.8 Å². The van der Waals surface area contributed by atoms with E-state index in [-0.39, 0.29) is 5.69 Å². The second-order valence-electron chi connectivity index (χ2n) is 5.89. The van der Waals surface area contributed by atoms with Crippen molar-refractivity contribution in [2.24, 2.45) is 0 Å². The smallest absolute Gasteiger partial charge is 0.258 e. The molecule has 0 unspecified atom stereocenters. The molecular formula is C21H13BrN2O2. The molecular weight excluding hydrogens is 392 g/mol. The summed E-state index contributed by atoms with van der Waals surface area (Å²) in [5, 5.41) is 11.9. The second-order valence-corrected chi connectivity index (χ2v) is 6.80. The van der Waals surface area contributed by atoms with Crippen molar-refractivity contribution >= 4 is 32.5 Å². The monoisotopic (exact) mass is 404 g/mol. The van der Waals surface area contributed by atoms with E-state index in [1.807, 2.05) is 36.4 Å². The Labute approximate surface area is 158 Å². The number of benzene rings is 3. The fraction of sp³-hybridized carbons (Fsp3) is 0. The van der Waals surface area contributed by atoms with Crippen LogP contribution in [0.15, 0.2) is 83.3 Å². The van der Waals surface area contributed by atoms with Crippen LogP contribution >= 0.6 is 15.9 Å². The van der Waals surface area contributed by atoms with Crippen molar-refractivity contribution in [3.63, 3.8) is 0 Å². The second kappa shape index (κ2) is 6.69. The lowest BCUT2D eigenvalue weighted by Crippen LogP contribution is -1.91. The van der Waals surface area contributed by atoms with E-state index in [1.165, 1.54) is 12.1 Å². The predicted molar refractivity (Wildman–Crippen MR) is 107 cm³/mol. The number of pyridine rings is 1. The molecule has 126 valence electrons. The maximum atomic E-state index is 10.9. The number of nitro benzene ring substituents is 1. The van der Waals surface area contributed by atoms with Gasteiger partial charge in [-0.1, -0.05) is 46.3 Å². The summed E-state index contributed by atoms with van der Waals surface area (Å²) in [5.41, 5.74) is 4.75. The van der Waals surface area contributed by atoms with Gasteiger partial charge in [0.2, 0.25) is 0 Å². The minimum atomic E-state index is -0.398. The maximum Gasteiger partial charge on any atom is 0.269 e. The lowest BCUT2D eigenvalue weighted by atomic mass is 9.98. The van der Waals surface area contributed by atoms with Crippen LogP contribution < -0.4 is 0 Å². The number of non-ortho nitro benzene ring substituents is 1. The van der Waals surface area contributed by atoms with Crippen molar-refractivity contribution in [3.05, 3.63) is 93.4 Å². The number of hydrogen-bond donors (Lipinski definition) is 0. The van der Waals surface area contributed by atoms with Crippen LogP contribution in [0.25, 0.3) is 33.3 Å². The molecule has 4 rings (SSSR count). The van der Waals surface area contributed by atoms with Crippen LogP contribution in [0.1, 0.15) is 0 Å². The Balaban J connectivity index is 1.94. The first-order valence-electron chi connectivity index (χ1n) is 8.02. The molecule has 26 heavy (non-hydrogen) atoms. The third-order valence-electron chi connectivity index (χ3n) is 4.23. The van der Waals surface area contributed by atoms with Gasteiger partial charge in [0.25, 0.3) is 5.69 Å². The molecule has 0 aliphatic carbocycles. The predicted octanol–water partition coefficient (Wildman–Crippen LogP) is 6.24. The Kier molecular flexibility index (Phi) is 4.22. The molecule has 0 fully saturated rings. The van der Waals surface area contributed by atoms with Crippen molar-refractivity contribution in [2.75, 3.05) is 0 Å². The highest BCUT2D eigenvalue weighted by molar-refractivity contribution is 9.10. The van der Waals surface area contributed by atoms with E-state index in [1.54, 1.807) is 12.1 Å². The summed E-state index contributed by atoms with van der Waals surface area (Å²) in [7, 11) is 0. The minimum Gasteiger partial charge on any atom is -0.258 e. The molecule has 1 heterocycles. The number of nitrogens with zero attached hydrogens (tertiary/aromatic N) is 2. The molecule has 3 aromatic carbocycles. The normalized spacial score (nSPS) is 10.8. The topological polar surface area (TPSA) is 56.0 Å². The number of nitro groups is 1. The summed E-state index contributed by atoms with van der Waals surface area (Å²) in [5.74, 6) is 0. The first kappa shape index (κ1) is 16.4. The fourth-order valence-electron chi connectivity index (χ4n) is 2.96. The molecule has 0 N–H and O–H groups in total. The van der Waals surface area contributed by atoms with E-state index in [4.69, 9.17) is 4.98 Å². The Hall–Kier alpha value is -3.05. The van der Waals surface area contributed by atoms with Gasteiger partial charge < -0.3 is 0 Å². The largest absolute Gasteiger partial charge is 0.269 e. The third-order valence-corrected chi connectivity index (χ3v) is 4.72. The van der Waals surface area contributed by atoms with Crippen molar-refractivity contribution in [3.8, 4) is 22.4 Å². The zero-order valence-corrected chi connectivity index (χ0v) is 15.2. The zero-order valence-electron chi connectivity index (χ0n) is 13.6. The van der Waals surface area contributed by atoms with Crippen LogP contribution in [-0.4, -0.2) is 9.91 Å². The van der Waals surface area contributed by atoms with E-state index in [0.29, 0.717) is 0 Å². The SMILES string of the molecule is O=[N+]([O-])c1ccc(-c2cc(-c3ccccc3)c3cc(Br)ccc3n2)cc1. The molecule has 4 aromatic rings. The summed E-state index contributed by atoms with van der Waals surface area (Å²) >= 11 is 3.53. The number of aromatic nitrogens is 1. The van der Waals surface area contributed by atoms with Crippen LogP contribution in [0.5, 0.6) is 0 Å². The Morgan fingerprint density at radius 1 is 0.846 bits per heavy atom. The fourth-order valence-corrected chi connectivity index (χ4v) is 3.32. The van der Waals surface area contributed by atoms with Gasteiger partial charge >= 0.3 is 0 Å². The average molecular weight is 405 g/mol. The molecule has 0 atom stereocenters. The molecule has 0 aliphatic rings. The van der Waals surface area contributed by atoms with Gasteiger partial charge in [0.1, 0.15) is 0 Å². The van der Waals surface area contributed by atoms with E-state index in [9.17, 15) is 10.1 Å². The summed E-state index contributed by atoms with van der Waals surface area (Å²) in [6, 6.07) is 24.6. The summed E-state index contributed by atoms with van der Waals surface area (Å²) in [6.07, 6.45) is 0. The number of rotatable bonds is 3.